The summed E-state index contributed by atoms with van der Waals surface area (Å²) in [7, 11) is 1.74. The van der Waals surface area contributed by atoms with Crippen molar-refractivity contribution in [2.75, 3.05) is 7.05 Å². The smallest absolute Gasteiger partial charge is 0.254 e. The fraction of sp³-hybridized carbons (Fsp3) is 0.250. The summed E-state index contributed by atoms with van der Waals surface area (Å²) in [6.07, 6.45) is 1.59. The lowest BCUT2D eigenvalue weighted by Crippen LogP contribution is -2.30. The number of halogens is 3. The van der Waals surface area contributed by atoms with Crippen LogP contribution in [0.4, 0.5) is 0 Å². The van der Waals surface area contributed by atoms with Crippen LogP contribution in [0, 0.1) is 0 Å². The van der Waals surface area contributed by atoms with Crippen molar-refractivity contribution in [3.05, 3.63) is 63.4 Å². The molecule has 0 saturated carbocycles. The number of hydrogen-bond acceptors (Lipinski definition) is 3. The molecule has 0 radical (unpaired) electrons. The van der Waals surface area contributed by atoms with Gasteiger partial charge in [-0.05, 0) is 36.8 Å². The fourth-order valence-electron chi connectivity index (χ4n) is 2.15. The molecule has 1 aromatic carbocycles. The minimum Gasteiger partial charge on any atom is -0.335 e. The summed E-state index contributed by atoms with van der Waals surface area (Å²) in [5.74, 6) is -0.115. The zero-order valence-corrected chi connectivity index (χ0v) is 15.1. The Hall–Kier alpha value is -1.33. The molecular formula is C16H18Cl3N3O. The quantitative estimate of drug-likeness (QED) is 0.876. The molecule has 2 aromatic rings. The molecule has 0 aliphatic carbocycles. The Bertz CT molecular complexity index is 694. The van der Waals surface area contributed by atoms with E-state index >= 15 is 0 Å². The van der Waals surface area contributed by atoms with E-state index in [1.165, 1.54) is 0 Å². The van der Waals surface area contributed by atoms with Gasteiger partial charge in [0.25, 0.3) is 5.91 Å². The van der Waals surface area contributed by atoms with Crippen molar-refractivity contribution >= 4 is 41.5 Å². The van der Waals surface area contributed by atoms with Crippen LogP contribution in [0.2, 0.25) is 10.0 Å². The Morgan fingerprint density at radius 1 is 1.30 bits per heavy atom. The predicted molar refractivity (Wildman–Crippen MR) is 96.3 cm³/mol. The van der Waals surface area contributed by atoms with Gasteiger partial charge in [0.1, 0.15) is 0 Å². The van der Waals surface area contributed by atoms with Crippen molar-refractivity contribution in [1.29, 1.82) is 0 Å². The van der Waals surface area contributed by atoms with Gasteiger partial charge >= 0.3 is 0 Å². The molecule has 1 heterocycles. The molecule has 0 bridgehead atoms. The third-order valence-electron chi connectivity index (χ3n) is 3.59. The van der Waals surface area contributed by atoms with Gasteiger partial charge in [-0.25, -0.2) is 0 Å². The number of aromatic nitrogens is 1. The van der Waals surface area contributed by atoms with Gasteiger partial charge < -0.3 is 10.6 Å². The molecule has 1 atom stereocenters. The number of pyridine rings is 1. The van der Waals surface area contributed by atoms with Crippen LogP contribution < -0.4 is 5.73 Å². The maximum absolute atomic E-state index is 12.6. The molecule has 1 aromatic heterocycles. The van der Waals surface area contributed by atoms with Crippen LogP contribution in [0.5, 0.6) is 0 Å². The van der Waals surface area contributed by atoms with Crippen molar-refractivity contribution in [3.8, 4) is 0 Å². The first-order valence-electron chi connectivity index (χ1n) is 6.81. The third-order valence-corrected chi connectivity index (χ3v) is 4.15. The van der Waals surface area contributed by atoms with E-state index in [2.05, 4.69) is 4.98 Å². The van der Waals surface area contributed by atoms with E-state index in [9.17, 15) is 4.79 Å². The normalized spacial score (nSPS) is 11.5. The standard InChI is InChI=1S/C16H17Cl2N3O.ClH/c1-10(14-4-3-12(17)8-15(14)18)21(2)16(22)11-5-6-20-13(7-11)9-19;/h3-8,10H,9,19H2,1-2H3;1H. The lowest BCUT2D eigenvalue weighted by atomic mass is 10.1. The molecule has 0 aliphatic rings. The molecule has 23 heavy (non-hydrogen) atoms. The predicted octanol–water partition coefficient (Wildman–Crippen LogP) is 4.10. The minimum absolute atomic E-state index is 0. The topological polar surface area (TPSA) is 59.2 Å². The second-order valence-electron chi connectivity index (χ2n) is 5.00. The van der Waals surface area contributed by atoms with Crippen molar-refractivity contribution in [2.45, 2.75) is 19.5 Å². The number of nitrogens with zero attached hydrogens (tertiary/aromatic N) is 2. The zero-order chi connectivity index (χ0) is 16.3. The van der Waals surface area contributed by atoms with Crippen LogP contribution in [0.1, 0.15) is 34.6 Å². The number of carbonyl (C=O) groups excluding carboxylic acids is 1. The molecule has 0 spiro atoms. The second-order valence-corrected chi connectivity index (χ2v) is 5.84. The first-order chi connectivity index (χ1) is 10.4. The van der Waals surface area contributed by atoms with Crippen molar-refractivity contribution < 1.29 is 4.79 Å². The van der Waals surface area contributed by atoms with E-state index in [0.717, 1.165) is 5.56 Å². The van der Waals surface area contributed by atoms with E-state index in [4.69, 9.17) is 28.9 Å². The van der Waals surface area contributed by atoms with E-state index in [0.29, 0.717) is 27.8 Å². The van der Waals surface area contributed by atoms with Gasteiger partial charge in [-0.15, -0.1) is 12.4 Å². The summed E-state index contributed by atoms with van der Waals surface area (Å²) in [4.78, 5) is 18.3. The number of benzene rings is 1. The monoisotopic (exact) mass is 373 g/mol. The minimum atomic E-state index is -0.188. The third kappa shape index (κ3) is 4.58. The Morgan fingerprint density at radius 2 is 2.00 bits per heavy atom. The van der Waals surface area contributed by atoms with Crippen LogP contribution in [0.25, 0.3) is 0 Å². The first-order valence-corrected chi connectivity index (χ1v) is 7.56. The molecule has 2 N–H and O–H groups in total. The van der Waals surface area contributed by atoms with Crippen LogP contribution in [-0.4, -0.2) is 22.8 Å². The highest BCUT2D eigenvalue weighted by Crippen LogP contribution is 2.29. The number of amides is 1. The molecule has 1 amide bonds. The molecule has 0 saturated heterocycles. The summed E-state index contributed by atoms with van der Waals surface area (Å²) < 4.78 is 0. The Labute approximate surface area is 152 Å². The lowest BCUT2D eigenvalue weighted by molar-refractivity contribution is 0.0742. The zero-order valence-electron chi connectivity index (χ0n) is 12.8. The Balaban J connectivity index is 0.00000264. The average molecular weight is 375 g/mol. The summed E-state index contributed by atoms with van der Waals surface area (Å²) in [5.41, 5.74) is 7.63. The highest BCUT2D eigenvalue weighted by molar-refractivity contribution is 6.35. The fourth-order valence-corrected chi connectivity index (χ4v) is 2.72. The number of rotatable bonds is 4. The molecule has 2 rings (SSSR count). The number of nitrogens with two attached hydrogens (primary N) is 1. The maximum atomic E-state index is 12.6. The van der Waals surface area contributed by atoms with E-state index in [1.807, 2.05) is 13.0 Å². The average Bonchev–Trinajstić information content (AvgIpc) is 2.53. The van der Waals surface area contributed by atoms with Crippen LogP contribution in [-0.2, 0) is 6.54 Å². The van der Waals surface area contributed by atoms with Gasteiger partial charge in [0.2, 0.25) is 0 Å². The highest BCUT2D eigenvalue weighted by Gasteiger charge is 2.21. The van der Waals surface area contributed by atoms with Gasteiger partial charge in [0.05, 0.1) is 11.7 Å². The first kappa shape index (κ1) is 19.7. The summed E-state index contributed by atoms with van der Waals surface area (Å²) in [6.45, 7) is 2.21. The molecule has 0 fully saturated rings. The van der Waals surface area contributed by atoms with Crippen molar-refractivity contribution in [1.82, 2.24) is 9.88 Å². The van der Waals surface area contributed by atoms with E-state index in [-0.39, 0.29) is 24.4 Å². The van der Waals surface area contributed by atoms with Crippen molar-refractivity contribution in [3.63, 3.8) is 0 Å². The summed E-state index contributed by atoms with van der Waals surface area (Å²) in [6, 6.07) is 8.45. The molecule has 0 aliphatic heterocycles. The van der Waals surface area contributed by atoms with Crippen molar-refractivity contribution in [2.24, 2.45) is 5.73 Å². The molecule has 1 unspecified atom stereocenters. The van der Waals surface area contributed by atoms with E-state index < -0.39 is 0 Å². The van der Waals surface area contributed by atoms with Gasteiger partial charge in [-0.2, -0.15) is 0 Å². The molecule has 4 nitrogen and oxygen atoms in total. The Kier molecular flexibility index (Phi) is 7.29. The van der Waals surface area contributed by atoms with E-state index in [1.54, 1.807) is 42.4 Å². The van der Waals surface area contributed by atoms with Gasteiger partial charge in [-0.3, -0.25) is 9.78 Å². The maximum Gasteiger partial charge on any atom is 0.254 e. The highest BCUT2D eigenvalue weighted by atomic mass is 35.5. The molecule has 7 heteroatoms. The molecule has 124 valence electrons. The van der Waals surface area contributed by atoms with Crippen LogP contribution >= 0.6 is 35.6 Å². The van der Waals surface area contributed by atoms with Gasteiger partial charge in [0.15, 0.2) is 0 Å². The van der Waals surface area contributed by atoms with Crippen LogP contribution in [0.15, 0.2) is 36.5 Å². The molecular weight excluding hydrogens is 357 g/mol. The lowest BCUT2D eigenvalue weighted by Gasteiger charge is -2.26. The number of hydrogen-bond donors (Lipinski definition) is 1. The largest absolute Gasteiger partial charge is 0.335 e. The SMILES string of the molecule is CC(c1ccc(Cl)cc1Cl)N(C)C(=O)c1ccnc(CN)c1.Cl. The van der Waals surface area contributed by atoms with Crippen LogP contribution in [0.3, 0.4) is 0 Å². The van der Waals surface area contributed by atoms with Gasteiger partial charge in [0, 0.05) is 35.4 Å². The summed E-state index contributed by atoms with van der Waals surface area (Å²) >= 11 is 12.1. The summed E-state index contributed by atoms with van der Waals surface area (Å²) in [5, 5.41) is 1.11. The second kappa shape index (κ2) is 8.50. The van der Waals surface area contributed by atoms with Gasteiger partial charge in [-0.1, -0.05) is 29.3 Å². The number of carbonyl (C=O) groups is 1. The Morgan fingerprint density at radius 3 is 2.61 bits per heavy atom.